The summed E-state index contributed by atoms with van der Waals surface area (Å²) in [5.74, 6) is 0.952. The van der Waals surface area contributed by atoms with Gasteiger partial charge >= 0.3 is 0 Å². The van der Waals surface area contributed by atoms with E-state index in [9.17, 15) is 0 Å². The van der Waals surface area contributed by atoms with Crippen molar-refractivity contribution in [3.05, 3.63) is 32.9 Å². The predicted octanol–water partition coefficient (Wildman–Crippen LogP) is 3.49. The Hall–Kier alpha value is -1.33. The zero-order valence-corrected chi connectivity index (χ0v) is 14.1. The molecule has 0 saturated heterocycles. The third kappa shape index (κ3) is 2.47. The second-order valence-corrected chi connectivity index (χ2v) is 5.71. The van der Waals surface area contributed by atoms with Gasteiger partial charge in [0.1, 0.15) is 11.4 Å². The van der Waals surface area contributed by atoms with Crippen LogP contribution in [0, 0.1) is 20.8 Å². The summed E-state index contributed by atoms with van der Waals surface area (Å²) in [6.45, 7) is 7.00. The Morgan fingerprint density at radius 1 is 1.30 bits per heavy atom. The molecule has 0 saturated carbocycles. The average molecular weight is 338 g/mol. The van der Waals surface area contributed by atoms with Crippen LogP contribution < -0.4 is 10.1 Å². The number of ether oxygens (including phenoxy) is 1. The highest BCUT2D eigenvalue weighted by Crippen LogP contribution is 2.37. The number of rotatable bonds is 4. The molecule has 0 unspecified atom stereocenters. The smallest absolute Gasteiger partial charge is 0.124 e. The van der Waals surface area contributed by atoms with Gasteiger partial charge < -0.3 is 10.1 Å². The molecule has 0 aliphatic rings. The van der Waals surface area contributed by atoms with Gasteiger partial charge in [0.25, 0.3) is 0 Å². The molecule has 1 heterocycles. The summed E-state index contributed by atoms with van der Waals surface area (Å²) in [5, 5.41) is 10.7. The Bertz CT molecular complexity index is 635. The van der Waals surface area contributed by atoms with Crippen molar-refractivity contribution >= 4 is 15.9 Å². The lowest BCUT2D eigenvalue weighted by Gasteiger charge is -2.14. The standard InChI is InChI=1S/C15H20BrN3O/c1-8-6-11(9(2)10(3)15(8)20-5)14-13(16)12(7-17-4)18-19-14/h6,17H,7H2,1-5H3,(H,18,19). The molecule has 0 spiro atoms. The fourth-order valence-corrected chi connectivity index (χ4v) is 2.99. The van der Waals surface area contributed by atoms with Gasteiger partial charge in [-0.1, -0.05) is 0 Å². The number of methoxy groups -OCH3 is 1. The fraction of sp³-hybridized carbons (Fsp3) is 0.400. The molecule has 0 amide bonds. The lowest BCUT2D eigenvalue weighted by atomic mass is 9.96. The van der Waals surface area contributed by atoms with Crippen LogP contribution in [-0.4, -0.2) is 24.4 Å². The summed E-state index contributed by atoms with van der Waals surface area (Å²) in [6.07, 6.45) is 0. The van der Waals surface area contributed by atoms with Crippen LogP contribution in [-0.2, 0) is 6.54 Å². The molecule has 0 bridgehead atoms. The van der Waals surface area contributed by atoms with Crippen molar-refractivity contribution in [3.63, 3.8) is 0 Å². The van der Waals surface area contributed by atoms with E-state index in [0.29, 0.717) is 0 Å². The first-order valence-electron chi connectivity index (χ1n) is 6.53. The van der Waals surface area contributed by atoms with Gasteiger partial charge in [-0.15, -0.1) is 0 Å². The molecule has 1 aromatic carbocycles. The lowest BCUT2D eigenvalue weighted by Crippen LogP contribution is -2.05. The minimum absolute atomic E-state index is 0.751. The van der Waals surface area contributed by atoms with Gasteiger partial charge in [0, 0.05) is 12.1 Å². The molecule has 108 valence electrons. The predicted molar refractivity (Wildman–Crippen MR) is 85.3 cm³/mol. The topological polar surface area (TPSA) is 49.9 Å². The van der Waals surface area contributed by atoms with Gasteiger partial charge in [-0.05, 0) is 66.5 Å². The van der Waals surface area contributed by atoms with E-state index in [1.807, 2.05) is 7.05 Å². The number of aryl methyl sites for hydroxylation is 1. The maximum absolute atomic E-state index is 5.47. The first-order chi connectivity index (χ1) is 9.51. The van der Waals surface area contributed by atoms with Crippen molar-refractivity contribution in [2.24, 2.45) is 0 Å². The van der Waals surface area contributed by atoms with E-state index in [4.69, 9.17) is 4.74 Å². The van der Waals surface area contributed by atoms with Crippen LogP contribution in [0.2, 0.25) is 0 Å². The summed E-state index contributed by atoms with van der Waals surface area (Å²) in [7, 11) is 3.63. The second-order valence-electron chi connectivity index (χ2n) is 4.92. The van der Waals surface area contributed by atoms with Crippen molar-refractivity contribution in [2.75, 3.05) is 14.2 Å². The normalized spacial score (nSPS) is 10.9. The fourth-order valence-electron chi connectivity index (χ4n) is 2.46. The first-order valence-corrected chi connectivity index (χ1v) is 7.33. The van der Waals surface area contributed by atoms with Gasteiger partial charge in [-0.2, -0.15) is 5.10 Å². The quantitative estimate of drug-likeness (QED) is 0.897. The van der Waals surface area contributed by atoms with E-state index < -0.39 is 0 Å². The minimum atomic E-state index is 0.751. The Labute approximate surface area is 128 Å². The molecule has 20 heavy (non-hydrogen) atoms. The number of hydrogen-bond donors (Lipinski definition) is 2. The number of hydrogen-bond acceptors (Lipinski definition) is 3. The number of nitrogens with one attached hydrogen (secondary N) is 2. The molecular weight excluding hydrogens is 318 g/mol. The number of benzene rings is 1. The third-order valence-corrected chi connectivity index (χ3v) is 4.47. The van der Waals surface area contributed by atoms with E-state index in [-0.39, 0.29) is 0 Å². The van der Waals surface area contributed by atoms with Crippen LogP contribution in [0.25, 0.3) is 11.3 Å². The Morgan fingerprint density at radius 2 is 2.00 bits per heavy atom. The van der Waals surface area contributed by atoms with E-state index in [1.165, 1.54) is 5.56 Å². The average Bonchev–Trinajstić information content (AvgIpc) is 2.77. The Morgan fingerprint density at radius 3 is 2.60 bits per heavy atom. The minimum Gasteiger partial charge on any atom is -0.496 e. The molecule has 0 atom stereocenters. The third-order valence-electron chi connectivity index (χ3n) is 3.61. The summed E-state index contributed by atoms with van der Waals surface area (Å²) in [6, 6.07) is 2.13. The first kappa shape index (κ1) is 15.1. The molecule has 0 radical (unpaired) electrons. The van der Waals surface area contributed by atoms with E-state index in [2.05, 4.69) is 58.3 Å². The molecule has 1 aromatic heterocycles. The molecule has 2 rings (SSSR count). The summed E-state index contributed by atoms with van der Waals surface area (Å²) in [5.41, 5.74) is 6.60. The van der Waals surface area contributed by atoms with Crippen molar-refractivity contribution in [1.29, 1.82) is 0 Å². The van der Waals surface area contributed by atoms with Crippen molar-refractivity contribution in [1.82, 2.24) is 15.5 Å². The summed E-state index contributed by atoms with van der Waals surface area (Å²) in [4.78, 5) is 0. The zero-order valence-electron chi connectivity index (χ0n) is 12.5. The SMILES string of the molecule is CNCc1[nH]nc(-c2cc(C)c(OC)c(C)c2C)c1Br. The molecule has 5 heteroatoms. The Balaban J connectivity index is 2.59. The molecule has 2 N–H and O–H groups in total. The van der Waals surface area contributed by atoms with Crippen LogP contribution in [0.5, 0.6) is 5.75 Å². The van der Waals surface area contributed by atoms with Gasteiger partial charge in [0.2, 0.25) is 0 Å². The largest absolute Gasteiger partial charge is 0.496 e. The number of aromatic nitrogens is 2. The van der Waals surface area contributed by atoms with Crippen LogP contribution in [0.1, 0.15) is 22.4 Å². The van der Waals surface area contributed by atoms with Crippen LogP contribution in [0.15, 0.2) is 10.5 Å². The summed E-state index contributed by atoms with van der Waals surface area (Å²) < 4.78 is 6.48. The highest BCUT2D eigenvalue weighted by molar-refractivity contribution is 9.10. The maximum atomic E-state index is 5.47. The molecule has 0 aliphatic heterocycles. The van der Waals surface area contributed by atoms with E-state index in [1.54, 1.807) is 7.11 Å². The molecule has 0 fully saturated rings. The maximum Gasteiger partial charge on any atom is 0.124 e. The van der Waals surface area contributed by atoms with Gasteiger partial charge in [0.05, 0.1) is 17.3 Å². The monoisotopic (exact) mass is 337 g/mol. The number of H-pyrrole nitrogens is 1. The number of halogens is 1. The molecule has 4 nitrogen and oxygen atoms in total. The van der Waals surface area contributed by atoms with Crippen molar-refractivity contribution < 1.29 is 4.74 Å². The van der Waals surface area contributed by atoms with Crippen LogP contribution >= 0.6 is 15.9 Å². The highest BCUT2D eigenvalue weighted by Gasteiger charge is 2.17. The summed E-state index contributed by atoms with van der Waals surface area (Å²) >= 11 is 3.64. The zero-order chi connectivity index (χ0) is 14.9. The Kier molecular flexibility index (Phi) is 4.50. The van der Waals surface area contributed by atoms with Gasteiger partial charge in [-0.3, -0.25) is 5.10 Å². The molecular formula is C15H20BrN3O. The van der Waals surface area contributed by atoms with E-state index >= 15 is 0 Å². The van der Waals surface area contributed by atoms with Gasteiger partial charge in [0.15, 0.2) is 0 Å². The van der Waals surface area contributed by atoms with Crippen LogP contribution in [0.3, 0.4) is 0 Å². The van der Waals surface area contributed by atoms with Crippen LogP contribution in [0.4, 0.5) is 0 Å². The van der Waals surface area contributed by atoms with E-state index in [0.717, 1.165) is 44.8 Å². The molecule has 0 aliphatic carbocycles. The lowest BCUT2D eigenvalue weighted by molar-refractivity contribution is 0.408. The highest BCUT2D eigenvalue weighted by atomic mass is 79.9. The second kappa shape index (κ2) is 5.97. The van der Waals surface area contributed by atoms with Crippen molar-refractivity contribution in [2.45, 2.75) is 27.3 Å². The number of aromatic amines is 1. The van der Waals surface area contributed by atoms with Gasteiger partial charge in [-0.25, -0.2) is 0 Å². The van der Waals surface area contributed by atoms with Crippen molar-refractivity contribution in [3.8, 4) is 17.0 Å². The number of nitrogens with zero attached hydrogens (tertiary/aromatic N) is 1. The molecule has 2 aromatic rings.